The second-order valence-corrected chi connectivity index (χ2v) is 6.50. The van der Waals surface area contributed by atoms with E-state index in [-0.39, 0.29) is 16.9 Å². The predicted molar refractivity (Wildman–Crippen MR) is 102 cm³/mol. The molecule has 0 spiro atoms. The Labute approximate surface area is 166 Å². The summed E-state index contributed by atoms with van der Waals surface area (Å²) in [5.41, 5.74) is 1.39. The number of carbonyl (C=O) groups excluding carboxylic acids is 5. The lowest BCUT2D eigenvalue weighted by Crippen LogP contribution is -2.38. The lowest BCUT2D eigenvalue weighted by molar-refractivity contribution is -0.153. The van der Waals surface area contributed by atoms with Crippen LogP contribution in [0.25, 0.3) is 0 Å². The molecule has 3 rings (SSSR count). The van der Waals surface area contributed by atoms with Gasteiger partial charge in [0.05, 0.1) is 11.1 Å². The smallest absolute Gasteiger partial charge is 0.326 e. The van der Waals surface area contributed by atoms with Gasteiger partial charge in [-0.15, -0.1) is 0 Å². The third kappa shape index (κ3) is 4.21. The maximum Gasteiger partial charge on any atom is 0.326 e. The van der Waals surface area contributed by atoms with E-state index >= 15 is 0 Å². The average molecular weight is 394 g/mol. The summed E-state index contributed by atoms with van der Waals surface area (Å²) in [7, 11) is 0. The summed E-state index contributed by atoms with van der Waals surface area (Å²) in [6.07, 6.45) is -1.15. The number of anilines is 1. The highest BCUT2D eigenvalue weighted by molar-refractivity contribution is 6.22. The molecule has 0 aliphatic carbocycles. The molecule has 0 bridgehead atoms. The van der Waals surface area contributed by atoms with E-state index in [1.807, 2.05) is 0 Å². The van der Waals surface area contributed by atoms with E-state index in [9.17, 15) is 24.0 Å². The molecule has 0 saturated carbocycles. The highest BCUT2D eigenvalue weighted by Crippen LogP contribution is 2.22. The van der Waals surface area contributed by atoms with Gasteiger partial charge in [-0.25, -0.2) is 0 Å². The van der Waals surface area contributed by atoms with Crippen molar-refractivity contribution in [3.63, 3.8) is 0 Å². The summed E-state index contributed by atoms with van der Waals surface area (Å²) in [6, 6.07) is 12.5. The number of ketones is 1. The van der Waals surface area contributed by atoms with Gasteiger partial charge in [0, 0.05) is 11.3 Å². The molecule has 0 fully saturated rings. The van der Waals surface area contributed by atoms with Crippen molar-refractivity contribution in [2.24, 2.45) is 0 Å². The van der Waals surface area contributed by atoms with Gasteiger partial charge < -0.3 is 10.1 Å². The van der Waals surface area contributed by atoms with Crippen LogP contribution < -0.4 is 5.32 Å². The molecule has 2 aromatic rings. The van der Waals surface area contributed by atoms with Crippen LogP contribution in [-0.2, 0) is 14.3 Å². The summed E-state index contributed by atoms with van der Waals surface area (Å²) in [5, 5.41) is 2.56. The molecule has 1 aliphatic heterocycles. The number of hydrogen-bond donors (Lipinski definition) is 1. The third-order valence-corrected chi connectivity index (χ3v) is 4.40. The van der Waals surface area contributed by atoms with Gasteiger partial charge in [-0.1, -0.05) is 12.1 Å². The molecule has 3 amide bonds. The van der Waals surface area contributed by atoms with Crippen molar-refractivity contribution in [2.75, 3.05) is 11.9 Å². The van der Waals surface area contributed by atoms with E-state index in [0.717, 1.165) is 4.90 Å². The maximum absolute atomic E-state index is 12.3. The van der Waals surface area contributed by atoms with Crippen molar-refractivity contribution in [1.82, 2.24) is 4.90 Å². The van der Waals surface area contributed by atoms with Gasteiger partial charge in [0.1, 0.15) is 6.54 Å². The number of benzene rings is 2. The van der Waals surface area contributed by atoms with Crippen molar-refractivity contribution in [3.05, 3.63) is 65.2 Å². The van der Waals surface area contributed by atoms with Crippen LogP contribution in [0.2, 0.25) is 0 Å². The van der Waals surface area contributed by atoms with E-state index in [2.05, 4.69) is 5.32 Å². The van der Waals surface area contributed by atoms with Crippen LogP contribution in [0, 0.1) is 0 Å². The van der Waals surface area contributed by atoms with E-state index in [1.54, 1.807) is 36.4 Å². The van der Waals surface area contributed by atoms with E-state index in [0.29, 0.717) is 11.3 Å². The number of hydrogen-bond acceptors (Lipinski definition) is 6. The highest BCUT2D eigenvalue weighted by atomic mass is 16.5. The Hall–Kier alpha value is -3.81. The predicted octanol–water partition coefficient (Wildman–Crippen LogP) is 2.06. The molecule has 148 valence electrons. The largest absolute Gasteiger partial charge is 0.451 e. The Kier molecular flexibility index (Phi) is 5.54. The van der Waals surface area contributed by atoms with Gasteiger partial charge in [0.15, 0.2) is 11.9 Å². The Morgan fingerprint density at radius 1 is 0.966 bits per heavy atom. The van der Waals surface area contributed by atoms with Gasteiger partial charge >= 0.3 is 5.97 Å². The Bertz CT molecular complexity index is 977. The minimum atomic E-state index is -1.15. The zero-order valence-electron chi connectivity index (χ0n) is 15.8. The van der Waals surface area contributed by atoms with Crippen LogP contribution in [0.3, 0.4) is 0 Å². The van der Waals surface area contributed by atoms with Crippen LogP contribution >= 0.6 is 0 Å². The van der Waals surface area contributed by atoms with Crippen molar-refractivity contribution in [1.29, 1.82) is 0 Å². The Balaban J connectivity index is 1.56. The molecule has 2 aromatic carbocycles. The van der Waals surface area contributed by atoms with Crippen LogP contribution in [0.5, 0.6) is 0 Å². The molecule has 8 nitrogen and oxygen atoms in total. The number of esters is 1. The van der Waals surface area contributed by atoms with Crippen LogP contribution in [0.15, 0.2) is 48.5 Å². The zero-order chi connectivity index (χ0) is 21.1. The van der Waals surface area contributed by atoms with Gasteiger partial charge in [-0.3, -0.25) is 28.9 Å². The number of nitrogens with one attached hydrogen (secondary N) is 1. The summed E-state index contributed by atoms with van der Waals surface area (Å²) >= 11 is 0. The first-order valence-electron chi connectivity index (χ1n) is 8.84. The minimum Gasteiger partial charge on any atom is -0.451 e. The first-order chi connectivity index (χ1) is 13.8. The molecule has 0 saturated heterocycles. The molecule has 1 heterocycles. The topological polar surface area (TPSA) is 110 Å². The first-order valence-corrected chi connectivity index (χ1v) is 8.84. The fourth-order valence-corrected chi connectivity index (χ4v) is 2.83. The van der Waals surface area contributed by atoms with Crippen molar-refractivity contribution in [3.8, 4) is 0 Å². The van der Waals surface area contributed by atoms with Crippen molar-refractivity contribution < 1.29 is 28.7 Å². The molecule has 1 atom stereocenters. The molecular formula is C21H18N2O6. The standard InChI is InChI=1S/C21H18N2O6/c1-12(24)14-7-9-15(10-8-14)22-19(26)13(2)29-18(25)11-23-20(27)16-5-3-4-6-17(16)21(23)28/h3-10,13H,11H2,1-2H3,(H,22,26)/t13-/m0/s1. The minimum absolute atomic E-state index is 0.0988. The lowest BCUT2D eigenvalue weighted by Gasteiger charge is -2.16. The number of ether oxygens (including phenoxy) is 1. The van der Waals surface area contributed by atoms with E-state index in [4.69, 9.17) is 4.74 Å². The van der Waals surface area contributed by atoms with Crippen molar-refractivity contribution >= 4 is 35.2 Å². The molecule has 0 radical (unpaired) electrons. The van der Waals surface area contributed by atoms with Crippen LogP contribution in [0.4, 0.5) is 5.69 Å². The van der Waals surface area contributed by atoms with Gasteiger partial charge in [-0.2, -0.15) is 0 Å². The molecule has 1 aliphatic rings. The second-order valence-electron chi connectivity index (χ2n) is 6.50. The Morgan fingerprint density at radius 2 is 1.52 bits per heavy atom. The quantitative estimate of drug-likeness (QED) is 0.456. The molecule has 1 N–H and O–H groups in total. The van der Waals surface area contributed by atoms with Gasteiger partial charge in [-0.05, 0) is 50.2 Å². The van der Waals surface area contributed by atoms with Crippen LogP contribution in [0.1, 0.15) is 44.9 Å². The molecular weight excluding hydrogens is 376 g/mol. The van der Waals surface area contributed by atoms with E-state index < -0.39 is 36.3 Å². The zero-order valence-corrected chi connectivity index (χ0v) is 15.8. The highest BCUT2D eigenvalue weighted by Gasteiger charge is 2.37. The SMILES string of the molecule is CC(=O)c1ccc(NC(=O)[C@H](C)OC(=O)CN2C(=O)c3ccccc3C2=O)cc1. The average Bonchev–Trinajstić information content (AvgIpc) is 2.93. The van der Waals surface area contributed by atoms with Crippen molar-refractivity contribution in [2.45, 2.75) is 20.0 Å². The molecule has 0 aromatic heterocycles. The van der Waals surface area contributed by atoms with Gasteiger partial charge in [0.2, 0.25) is 0 Å². The summed E-state index contributed by atoms with van der Waals surface area (Å²) < 4.78 is 5.05. The van der Waals surface area contributed by atoms with Crippen LogP contribution in [-0.4, -0.2) is 47.0 Å². The number of nitrogens with zero attached hydrogens (tertiary/aromatic N) is 1. The lowest BCUT2D eigenvalue weighted by atomic mass is 10.1. The summed E-state index contributed by atoms with van der Waals surface area (Å²) in [5.74, 6) is -2.72. The normalized spacial score (nSPS) is 13.7. The van der Waals surface area contributed by atoms with Gasteiger partial charge in [0.25, 0.3) is 17.7 Å². The number of amides is 3. The molecule has 8 heteroatoms. The number of imide groups is 1. The summed E-state index contributed by atoms with van der Waals surface area (Å²) in [6.45, 7) is 2.22. The number of carbonyl (C=O) groups is 5. The first kappa shape index (κ1) is 19.9. The Morgan fingerprint density at radius 3 is 2.03 bits per heavy atom. The number of fused-ring (bicyclic) bond motifs is 1. The number of rotatable bonds is 6. The monoisotopic (exact) mass is 394 g/mol. The second kappa shape index (κ2) is 8.05. The fourth-order valence-electron chi connectivity index (χ4n) is 2.83. The number of Topliss-reactive ketones (excluding diaryl/α,β-unsaturated/α-hetero) is 1. The maximum atomic E-state index is 12.3. The molecule has 29 heavy (non-hydrogen) atoms. The molecule has 0 unspecified atom stereocenters. The third-order valence-electron chi connectivity index (χ3n) is 4.40. The fraction of sp³-hybridized carbons (Fsp3) is 0.190. The van der Waals surface area contributed by atoms with E-state index in [1.165, 1.54) is 26.0 Å². The summed E-state index contributed by atoms with van der Waals surface area (Å²) in [4.78, 5) is 61.0.